The van der Waals surface area contributed by atoms with Crippen LogP contribution in [-0.2, 0) is 16.1 Å². The Kier molecular flexibility index (Phi) is 5.07. The van der Waals surface area contributed by atoms with Crippen LogP contribution in [0.5, 0.6) is 5.75 Å². The van der Waals surface area contributed by atoms with Gasteiger partial charge in [-0.1, -0.05) is 49.0 Å². The van der Waals surface area contributed by atoms with Crippen molar-refractivity contribution in [1.29, 1.82) is 0 Å². The van der Waals surface area contributed by atoms with Crippen LogP contribution in [0.4, 0.5) is 4.79 Å². The molecule has 1 amide bonds. The summed E-state index contributed by atoms with van der Waals surface area (Å²) in [5.41, 5.74) is 1.79. The minimum atomic E-state index is -0.621. The number of amides is 1. The van der Waals surface area contributed by atoms with Gasteiger partial charge in [-0.05, 0) is 30.2 Å². The van der Waals surface area contributed by atoms with Gasteiger partial charge in [-0.3, -0.25) is 9.69 Å². The first-order chi connectivity index (χ1) is 12.5. The maximum Gasteiger partial charge on any atom is 0.415 e. The summed E-state index contributed by atoms with van der Waals surface area (Å²) in [7, 11) is 1.59. The fraction of sp³-hybridized carbons (Fsp3) is 0.238. The van der Waals surface area contributed by atoms with Crippen molar-refractivity contribution < 1.29 is 19.1 Å². The summed E-state index contributed by atoms with van der Waals surface area (Å²) in [6, 6.07) is 16.5. The number of ketones is 1. The van der Waals surface area contributed by atoms with E-state index >= 15 is 0 Å². The number of carbonyl (C=O) groups excluding carboxylic acids is 2. The Morgan fingerprint density at radius 2 is 1.81 bits per heavy atom. The van der Waals surface area contributed by atoms with Crippen LogP contribution in [0, 0.1) is 5.92 Å². The van der Waals surface area contributed by atoms with Gasteiger partial charge in [0.2, 0.25) is 0 Å². The number of hydrogen-bond acceptors (Lipinski definition) is 4. The number of ether oxygens (including phenoxy) is 2. The van der Waals surface area contributed by atoms with Gasteiger partial charge >= 0.3 is 6.09 Å². The number of benzene rings is 2. The maximum atomic E-state index is 12.6. The van der Waals surface area contributed by atoms with Crippen LogP contribution in [0.15, 0.2) is 66.9 Å². The number of rotatable bonds is 5. The highest BCUT2D eigenvalue weighted by Crippen LogP contribution is 2.40. The van der Waals surface area contributed by atoms with E-state index in [0.717, 1.165) is 11.1 Å². The first kappa shape index (κ1) is 17.7. The Bertz CT molecular complexity index is 814. The predicted octanol–water partition coefficient (Wildman–Crippen LogP) is 4.11. The van der Waals surface area contributed by atoms with E-state index in [2.05, 4.69) is 6.58 Å². The van der Waals surface area contributed by atoms with Crippen molar-refractivity contribution in [2.24, 2.45) is 5.92 Å². The molecule has 1 fully saturated rings. The summed E-state index contributed by atoms with van der Waals surface area (Å²) in [6.07, 6.45) is -0.503. The molecule has 1 aliphatic rings. The van der Waals surface area contributed by atoms with Crippen LogP contribution in [0.3, 0.4) is 0 Å². The molecule has 5 heteroatoms. The van der Waals surface area contributed by atoms with Gasteiger partial charge in [0.1, 0.15) is 17.3 Å². The molecule has 2 atom stereocenters. The fourth-order valence-corrected chi connectivity index (χ4v) is 3.27. The standard InChI is InChI=1S/C21H21NO4/c1-14(23)19-15(2)26-21(24)22(13-16-7-5-4-6-8-16)20(19)17-9-11-18(25-3)12-10-17/h4-12,19-20H,2,13H2,1,3H3/t19-,20+/m0/s1. The number of Topliss-reactive ketones (excluding diaryl/α,β-unsaturated/α-hetero) is 1. The van der Waals surface area contributed by atoms with Gasteiger partial charge in [-0.2, -0.15) is 0 Å². The van der Waals surface area contributed by atoms with Gasteiger partial charge in [0.15, 0.2) is 0 Å². The lowest BCUT2D eigenvalue weighted by Crippen LogP contribution is -2.46. The van der Waals surface area contributed by atoms with Gasteiger partial charge in [-0.25, -0.2) is 4.79 Å². The summed E-state index contributed by atoms with van der Waals surface area (Å²) < 4.78 is 10.5. The highest BCUT2D eigenvalue weighted by Gasteiger charge is 2.43. The van der Waals surface area contributed by atoms with E-state index in [1.807, 2.05) is 54.6 Å². The zero-order valence-electron chi connectivity index (χ0n) is 14.8. The molecule has 1 aliphatic heterocycles. The van der Waals surface area contributed by atoms with Crippen molar-refractivity contribution in [3.05, 3.63) is 78.1 Å². The van der Waals surface area contributed by atoms with Crippen molar-refractivity contribution >= 4 is 11.9 Å². The van der Waals surface area contributed by atoms with Crippen molar-refractivity contribution in [3.8, 4) is 5.75 Å². The van der Waals surface area contributed by atoms with E-state index < -0.39 is 18.1 Å². The molecule has 0 aromatic heterocycles. The lowest BCUT2D eigenvalue weighted by atomic mass is 9.86. The third-order valence-corrected chi connectivity index (χ3v) is 4.54. The minimum Gasteiger partial charge on any atom is -0.497 e. The van der Waals surface area contributed by atoms with Gasteiger partial charge in [0.05, 0.1) is 19.1 Å². The first-order valence-electron chi connectivity index (χ1n) is 8.37. The van der Waals surface area contributed by atoms with Gasteiger partial charge < -0.3 is 9.47 Å². The van der Waals surface area contributed by atoms with E-state index in [9.17, 15) is 9.59 Å². The summed E-state index contributed by atoms with van der Waals surface area (Å²) in [4.78, 5) is 26.5. The lowest BCUT2D eigenvalue weighted by molar-refractivity contribution is -0.124. The van der Waals surface area contributed by atoms with E-state index in [-0.39, 0.29) is 11.5 Å². The van der Waals surface area contributed by atoms with Crippen molar-refractivity contribution in [1.82, 2.24) is 4.90 Å². The molecule has 0 saturated carbocycles. The summed E-state index contributed by atoms with van der Waals surface area (Å²) >= 11 is 0. The molecule has 2 aromatic carbocycles. The smallest absolute Gasteiger partial charge is 0.415 e. The van der Waals surface area contributed by atoms with Crippen LogP contribution in [0.1, 0.15) is 24.1 Å². The molecular formula is C21H21NO4. The summed E-state index contributed by atoms with van der Waals surface area (Å²) in [5, 5.41) is 0. The summed E-state index contributed by atoms with van der Waals surface area (Å²) in [6.45, 7) is 5.64. The van der Waals surface area contributed by atoms with E-state index in [1.165, 1.54) is 6.92 Å². The second-order valence-electron chi connectivity index (χ2n) is 6.25. The normalized spacial score (nSPS) is 19.8. The van der Waals surface area contributed by atoms with E-state index in [4.69, 9.17) is 9.47 Å². The number of carbonyl (C=O) groups is 2. The number of cyclic esters (lactones) is 1. The van der Waals surface area contributed by atoms with Crippen LogP contribution in [-0.4, -0.2) is 23.9 Å². The monoisotopic (exact) mass is 351 g/mol. The van der Waals surface area contributed by atoms with Crippen molar-refractivity contribution in [3.63, 3.8) is 0 Å². The van der Waals surface area contributed by atoms with E-state index in [0.29, 0.717) is 12.3 Å². The molecular weight excluding hydrogens is 330 g/mol. The molecule has 0 N–H and O–H groups in total. The average Bonchev–Trinajstić information content (AvgIpc) is 2.64. The van der Waals surface area contributed by atoms with Crippen LogP contribution in [0.25, 0.3) is 0 Å². The van der Waals surface area contributed by atoms with Crippen LogP contribution < -0.4 is 4.74 Å². The molecule has 134 valence electrons. The lowest BCUT2D eigenvalue weighted by Gasteiger charge is -2.40. The molecule has 3 rings (SSSR count). The Balaban J connectivity index is 2.03. The summed E-state index contributed by atoms with van der Waals surface area (Å²) in [5.74, 6) is 0.179. The average molecular weight is 351 g/mol. The minimum absolute atomic E-state index is 0.0959. The molecule has 0 radical (unpaired) electrons. The molecule has 1 saturated heterocycles. The van der Waals surface area contributed by atoms with Crippen molar-refractivity contribution in [2.45, 2.75) is 19.5 Å². The van der Waals surface area contributed by atoms with Crippen LogP contribution in [0.2, 0.25) is 0 Å². The van der Waals surface area contributed by atoms with Gasteiger partial charge in [0, 0.05) is 6.54 Å². The third-order valence-electron chi connectivity index (χ3n) is 4.54. The molecule has 5 nitrogen and oxygen atoms in total. The SMILES string of the molecule is C=C1OC(=O)N(Cc2ccccc2)[C@H](c2ccc(OC)cc2)[C@H]1C(C)=O. The second kappa shape index (κ2) is 7.44. The predicted molar refractivity (Wildman–Crippen MR) is 97.5 cm³/mol. The van der Waals surface area contributed by atoms with Gasteiger partial charge in [0.25, 0.3) is 0 Å². The van der Waals surface area contributed by atoms with Gasteiger partial charge in [-0.15, -0.1) is 0 Å². The molecule has 0 spiro atoms. The second-order valence-corrected chi connectivity index (χ2v) is 6.25. The largest absolute Gasteiger partial charge is 0.497 e. The molecule has 0 unspecified atom stereocenters. The zero-order chi connectivity index (χ0) is 18.7. The molecule has 0 bridgehead atoms. The molecule has 0 aliphatic carbocycles. The molecule has 26 heavy (non-hydrogen) atoms. The third kappa shape index (κ3) is 3.47. The van der Waals surface area contributed by atoms with Crippen molar-refractivity contribution in [2.75, 3.05) is 7.11 Å². The number of hydrogen-bond donors (Lipinski definition) is 0. The Morgan fingerprint density at radius 3 is 2.38 bits per heavy atom. The number of nitrogens with zero attached hydrogens (tertiary/aromatic N) is 1. The van der Waals surface area contributed by atoms with E-state index in [1.54, 1.807) is 12.0 Å². The first-order valence-corrected chi connectivity index (χ1v) is 8.37. The maximum absolute atomic E-state index is 12.6. The Hall–Kier alpha value is -3.08. The quantitative estimate of drug-likeness (QED) is 0.813. The Labute approximate surface area is 152 Å². The highest BCUT2D eigenvalue weighted by atomic mass is 16.6. The molecule has 1 heterocycles. The topological polar surface area (TPSA) is 55.8 Å². The Morgan fingerprint density at radius 1 is 1.15 bits per heavy atom. The highest BCUT2D eigenvalue weighted by molar-refractivity contribution is 5.85. The fourth-order valence-electron chi connectivity index (χ4n) is 3.27. The zero-order valence-corrected chi connectivity index (χ0v) is 14.8. The number of methoxy groups -OCH3 is 1. The molecule has 2 aromatic rings. The van der Waals surface area contributed by atoms with Crippen LogP contribution >= 0.6 is 0 Å².